The molecule has 4 aromatic carbocycles. The molecule has 4 aromatic rings. The minimum absolute atomic E-state index is 0.0828. The van der Waals surface area contributed by atoms with Crippen molar-refractivity contribution in [2.45, 2.75) is 17.1 Å². The zero-order chi connectivity index (χ0) is 35.9. The summed E-state index contributed by atoms with van der Waals surface area (Å²) < 4.78 is 71.0. The number of hydrogen-bond donors (Lipinski definition) is 2. The molecule has 258 valence electrons. The van der Waals surface area contributed by atoms with E-state index in [0.717, 1.165) is 22.4 Å². The van der Waals surface area contributed by atoms with Gasteiger partial charge >= 0.3 is 12.3 Å². The Bertz CT molecular complexity index is 2060. The Morgan fingerprint density at radius 1 is 0.940 bits per heavy atom. The Morgan fingerprint density at radius 3 is 2.30 bits per heavy atom. The zero-order valence-corrected chi connectivity index (χ0v) is 27.5. The van der Waals surface area contributed by atoms with Crippen molar-refractivity contribution in [2.24, 2.45) is 4.99 Å². The van der Waals surface area contributed by atoms with Crippen LogP contribution in [0.4, 0.5) is 29.3 Å². The summed E-state index contributed by atoms with van der Waals surface area (Å²) in [6, 6.07) is 24.6. The molecule has 0 aromatic heterocycles. The number of benzene rings is 4. The molecule has 10 nitrogen and oxygen atoms in total. The van der Waals surface area contributed by atoms with Gasteiger partial charge in [-0.05, 0) is 36.4 Å². The van der Waals surface area contributed by atoms with E-state index < -0.39 is 64.4 Å². The molecule has 2 N–H and O–H groups in total. The molecule has 15 heteroatoms. The maximum absolute atomic E-state index is 14.0. The van der Waals surface area contributed by atoms with Crippen molar-refractivity contribution in [3.63, 3.8) is 0 Å². The van der Waals surface area contributed by atoms with Crippen molar-refractivity contribution >= 4 is 56.4 Å². The second-order valence-corrected chi connectivity index (χ2v) is 13.0. The molecule has 0 saturated carbocycles. The monoisotopic (exact) mass is 724 g/mol. The number of alkyl halides is 3. The van der Waals surface area contributed by atoms with E-state index in [0.29, 0.717) is 28.6 Å². The van der Waals surface area contributed by atoms with E-state index in [2.05, 4.69) is 10.3 Å². The summed E-state index contributed by atoms with van der Waals surface area (Å²) >= 11 is 5.73. The third-order valence-electron chi connectivity index (χ3n) is 7.30. The summed E-state index contributed by atoms with van der Waals surface area (Å²) in [5.74, 6) is -1.38. The van der Waals surface area contributed by atoms with Gasteiger partial charge in [0.15, 0.2) is 15.9 Å². The average molecular weight is 725 g/mol. The number of benzodiazepines with no additional fused rings is 1. The number of fused-ring (bicyclic) bond motifs is 1. The Balaban J connectivity index is 1.37. The largest absolute Gasteiger partial charge is 0.446 e. The predicted octanol–water partition coefficient (Wildman–Crippen LogP) is 6.26. The molecule has 1 unspecified atom stereocenters. The van der Waals surface area contributed by atoms with Crippen molar-refractivity contribution in [3.05, 3.63) is 136 Å². The first-order chi connectivity index (χ1) is 23.8. The van der Waals surface area contributed by atoms with E-state index in [9.17, 15) is 36.0 Å². The van der Waals surface area contributed by atoms with Crippen molar-refractivity contribution in [1.82, 2.24) is 5.32 Å². The predicted molar refractivity (Wildman–Crippen MR) is 182 cm³/mol. The van der Waals surface area contributed by atoms with Gasteiger partial charge in [0, 0.05) is 28.1 Å². The highest BCUT2D eigenvalue weighted by Gasteiger charge is 2.36. The average Bonchev–Trinajstić information content (AvgIpc) is 3.21. The lowest BCUT2D eigenvalue weighted by Gasteiger charge is -2.24. The molecule has 3 amide bonds. The number of hydrogen-bond acceptors (Lipinski definition) is 7. The van der Waals surface area contributed by atoms with Crippen LogP contribution in [0.15, 0.2) is 125 Å². The number of amides is 3. The van der Waals surface area contributed by atoms with Gasteiger partial charge in [-0.25, -0.2) is 13.2 Å². The number of carbonyl (C=O) groups excluding carboxylic acids is 3. The molecule has 1 heterocycles. The van der Waals surface area contributed by atoms with E-state index in [1.807, 2.05) is 5.32 Å². The van der Waals surface area contributed by atoms with Crippen LogP contribution in [0.1, 0.15) is 16.7 Å². The summed E-state index contributed by atoms with van der Waals surface area (Å²) in [5.41, 5.74) is -0.0511. The fraction of sp³-hybridized carbons (Fsp3) is 0.143. The second-order valence-electron chi connectivity index (χ2n) is 10.7. The number of rotatable bonds is 10. The van der Waals surface area contributed by atoms with E-state index in [-0.39, 0.29) is 16.5 Å². The fourth-order valence-electron chi connectivity index (χ4n) is 4.98. The van der Waals surface area contributed by atoms with Gasteiger partial charge in [-0.15, -0.1) is 0 Å². The quantitative estimate of drug-likeness (QED) is 0.198. The Labute approximate surface area is 290 Å². The number of carbonyl (C=O) groups is 3. The van der Waals surface area contributed by atoms with Crippen LogP contribution in [-0.2, 0) is 30.3 Å². The van der Waals surface area contributed by atoms with Crippen LogP contribution in [0.25, 0.3) is 0 Å². The molecule has 0 saturated heterocycles. The molecule has 1 aliphatic rings. The highest BCUT2D eigenvalue weighted by Crippen LogP contribution is 2.36. The van der Waals surface area contributed by atoms with Crippen LogP contribution < -0.4 is 15.5 Å². The molecule has 50 heavy (non-hydrogen) atoms. The van der Waals surface area contributed by atoms with Gasteiger partial charge in [0.2, 0.25) is 5.91 Å². The third-order valence-corrected chi connectivity index (χ3v) is 9.01. The summed E-state index contributed by atoms with van der Waals surface area (Å²) in [6.45, 7) is -1.38. The minimum Gasteiger partial charge on any atom is -0.446 e. The summed E-state index contributed by atoms with van der Waals surface area (Å²) in [7, 11) is -3.74. The number of nitrogens with zero attached hydrogens (tertiary/aromatic N) is 2. The van der Waals surface area contributed by atoms with E-state index >= 15 is 0 Å². The van der Waals surface area contributed by atoms with Gasteiger partial charge in [0.1, 0.15) is 13.2 Å². The van der Waals surface area contributed by atoms with Crippen LogP contribution in [0.3, 0.4) is 0 Å². The topological polar surface area (TPSA) is 134 Å². The van der Waals surface area contributed by atoms with Crippen LogP contribution in [0.5, 0.6) is 0 Å². The number of aliphatic imine (C=N–C) groups is 1. The first-order valence-corrected chi connectivity index (χ1v) is 16.8. The van der Waals surface area contributed by atoms with E-state index in [1.54, 1.807) is 72.8 Å². The first kappa shape index (κ1) is 35.8. The van der Waals surface area contributed by atoms with Gasteiger partial charge < -0.3 is 15.0 Å². The smallest absolute Gasteiger partial charge is 0.418 e. The highest BCUT2D eigenvalue weighted by atomic mass is 35.5. The molecule has 0 bridgehead atoms. The first-order valence-electron chi connectivity index (χ1n) is 14.9. The molecule has 0 fully saturated rings. The SMILES string of the molecule is O=C(CN1C(=O)C(COC(=O)Nc2ccc(Cl)cc2C(F)(F)F)N=C(c2ccccc2)c2ccccc21)NCC=CS(=O)(=O)c1ccccc1. The molecular weight excluding hydrogens is 697 g/mol. The molecular formula is C35H28ClF3N4O6S. The Kier molecular flexibility index (Phi) is 11.0. The maximum Gasteiger partial charge on any atom is 0.418 e. The summed E-state index contributed by atoms with van der Waals surface area (Å²) in [4.78, 5) is 45.7. The summed E-state index contributed by atoms with van der Waals surface area (Å²) in [5, 5.41) is 5.38. The number of halogens is 4. The maximum atomic E-state index is 14.0. The van der Waals surface area contributed by atoms with Crippen LogP contribution >= 0.6 is 11.6 Å². The molecule has 0 radical (unpaired) electrons. The van der Waals surface area contributed by atoms with Gasteiger partial charge in [-0.2, -0.15) is 13.2 Å². The lowest BCUT2D eigenvalue weighted by Crippen LogP contribution is -2.46. The van der Waals surface area contributed by atoms with Crippen molar-refractivity contribution in [1.29, 1.82) is 0 Å². The van der Waals surface area contributed by atoms with E-state index in [1.165, 1.54) is 18.2 Å². The molecule has 5 rings (SSSR count). The van der Waals surface area contributed by atoms with Gasteiger partial charge in [-0.1, -0.05) is 84.4 Å². The zero-order valence-electron chi connectivity index (χ0n) is 25.9. The van der Waals surface area contributed by atoms with Gasteiger partial charge in [0.05, 0.1) is 27.5 Å². The normalized spacial score (nSPS) is 14.8. The molecule has 0 aliphatic carbocycles. The highest BCUT2D eigenvalue weighted by molar-refractivity contribution is 7.94. The fourth-order valence-corrected chi connectivity index (χ4v) is 6.20. The van der Waals surface area contributed by atoms with Crippen LogP contribution in [-0.4, -0.2) is 57.8 Å². The van der Waals surface area contributed by atoms with Crippen LogP contribution in [0.2, 0.25) is 5.02 Å². The lowest BCUT2D eigenvalue weighted by atomic mass is 10.0. The van der Waals surface area contributed by atoms with Crippen molar-refractivity contribution in [2.75, 3.05) is 29.9 Å². The van der Waals surface area contributed by atoms with Crippen molar-refractivity contribution in [3.8, 4) is 0 Å². The lowest BCUT2D eigenvalue weighted by molar-refractivity contribution is -0.137. The van der Waals surface area contributed by atoms with Crippen LogP contribution in [0, 0.1) is 0 Å². The number of anilines is 2. The second kappa shape index (κ2) is 15.4. The Hall–Kier alpha value is -5.47. The summed E-state index contributed by atoms with van der Waals surface area (Å²) in [6.07, 6.45) is -4.86. The third kappa shape index (κ3) is 8.76. The molecule has 1 atom stereocenters. The number of nitrogens with one attached hydrogen (secondary N) is 2. The molecule has 1 aliphatic heterocycles. The number of para-hydroxylation sites is 1. The number of sulfone groups is 1. The van der Waals surface area contributed by atoms with Gasteiger partial charge in [0.25, 0.3) is 5.91 Å². The minimum atomic E-state index is -4.83. The van der Waals surface area contributed by atoms with Crippen molar-refractivity contribution < 1.29 is 40.7 Å². The number of ether oxygens (including phenoxy) is 1. The van der Waals surface area contributed by atoms with E-state index in [4.69, 9.17) is 16.3 Å². The molecule has 0 spiro atoms. The van der Waals surface area contributed by atoms with Gasteiger partial charge in [-0.3, -0.25) is 19.9 Å². The Morgan fingerprint density at radius 2 is 1.60 bits per heavy atom. The standard InChI is InChI=1S/C35H28ClF3N4O6S/c36-24-16-17-28(27(20-24)35(37,38)39)42-34(46)49-22-29-33(45)43(21-31(44)40-18-9-19-50(47,48)25-12-5-2-6-13-25)30-15-8-7-14-26(30)32(41-29)23-10-3-1-4-11-23/h1-17,19-20,29H,18,21-22H2,(H,40,44)(H,42,46).